The van der Waals surface area contributed by atoms with E-state index in [1.54, 1.807) is 0 Å². The molecule has 1 aromatic carbocycles. The summed E-state index contributed by atoms with van der Waals surface area (Å²) in [5.74, 6) is 0. The van der Waals surface area contributed by atoms with Crippen molar-refractivity contribution < 1.29 is 5.11 Å². The molecular weight excluding hydrogens is 186 g/mol. The molecule has 0 aromatic heterocycles. The van der Waals surface area contributed by atoms with Crippen LogP contribution in [0.25, 0.3) is 0 Å². The third-order valence-electron chi connectivity index (χ3n) is 2.02. The Hall–Kier alpha value is -0.570. The molecule has 0 spiro atoms. The Kier molecular flexibility index (Phi) is 5.71. The molecular formula is C10H16ClNO. The molecule has 13 heavy (non-hydrogen) atoms. The lowest BCUT2D eigenvalue weighted by atomic mass is 10.0. The van der Waals surface area contributed by atoms with Crippen molar-refractivity contribution >= 4 is 12.4 Å². The average molecular weight is 202 g/mol. The van der Waals surface area contributed by atoms with Gasteiger partial charge in [-0.25, -0.2) is 0 Å². The maximum atomic E-state index is 9.66. The molecule has 0 saturated heterocycles. The molecule has 0 aliphatic heterocycles. The van der Waals surface area contributed by atoms with Crippen molar-refractivity contribution in [2.75, 3.05) is 0 Å². The highest BCUT2D eigenvalue weighted by atomic mass is 35.5. The summed E-state index contributed by atoms with van der Waals surface area (Å²) < 4.78 is 0. The van der Waals surface area contributed by atoms with Gasteiger partial charge in [0, 0.05) is 6.04 Å². The van der Waals surface area contributed by atoms with E-state index in [9.17, 15) is 5.11 Å². The van der Waals surface area contributed by atoms with E-state index in [1.165, 1.54) is 0 Å². The molecule has 74 valence electrons. The molecule has 2 nitrogen and oxygen atoms in total. The number of halogens is 1. The first-order chi connectivity index (χ1) is 5.75. The van der Waals surface area contributed by atoms with Crippen molar-refractivity contribution in [3.63, 3.8) is 0 Å². The molecule has 0 aliphatic carbocycles. The summed E-state index contributed by atoms with van der Waals surface area (Å²) in [6, 6.07) is 9.35. The third-order valence-corrected chi connectivity index (χ3v) is 2.02. The monoisotopic (exact) mass is 201 g/mol. The number of rotatable bonds is 3. The molecule has 0 radical (unpaired) electrons. The molecule has 0 saturated carbocycles. The first-order valence-electron chi connectivity index (χ1n) is 4.24. The lowest BCUT2D eigenvalue weighted by Crippen LogP contribution is -2.27. The minimum absolute atomic E-state index is 0. The fourth-order valence-corrected chi connectivity index (χ4v) is 1.12. The molecule has 1 rings (SSSR count). The van der Waals surface area contributed by atoms with Crippen molar-refractivity contribution in [2.24, 2.45) is 5.73 Å². The van der Waals surface area contributed by atoms with Gasteiger partial charge in [-0.15, -0.1) is 12.4 Å². The van der Waals surface area contributed by atoms with E-state index in [0.717, 1.165) is 12.0 Å². The van der Waals surface area contributed by atoms with Crippen LogP contribution >= 0.6 is 12.4 Å². The van der Waals surface area contributed by atoms with Crippen LogP contribution in [0, 0.1) is 0 Å². The van der Waals surface area contributed by atoms with Crippen LogP contribution in [0.2, 0.25) is 0 Å². The SMILES string of the molecule is CC[C@H](N)[C@H](O)c1ccccc1.Cl. The van der Waals surface area contributed by atoms with Crippen LogP contribution in [0.3, 0.4) is 0 Å². The Morgan fingerprint density at radius 2 is 1.85 bits per heavy atom. The molecule has 2 atom stereocenters. The van der Waals surface area contributed by atoms with E-state index in [0.29, 0.717) is 0 Å². The summed E-state index contributed by atoms with van der Waals surface area (Å²) in [6.07, 6.45) is 0.256. The van der Waals surface area contributed by atoms with Gasteiger partial charge in [0.1, 0.15) is 0 Å². The summed E-state index contributed by atoms with van der Waals surface area (Å²) >= 11 is 0. The second kappa shape index (κ2) is 5.97. The van der Waals surface area contributed by atoms with Gasteiger partial charge in [-0.1, -0.05) is 37.3 Å². The van der Waals surface area contributed by atoms with Crippen molar-refractivity contribution in [2.45, 2.75) is 25.5 Å². The Labute approximate surface area is 85.2 Å². The van der Waals surface area contributed by atoms with Gasteiger partial charge < -0.3 is 10.8 Å². The van der Waals surface area contributed by atoms with Gasteiger partial charge in [0.2, 0.25) is 0 Å². The molecule has 0 unspecified atom stereocenters. The third kappa shape index (κ3) is 3.35. The Bertz CT molecular complexity index is 228. The van der Waals surface area contributed by atoms with E-state index in [4.69, 9.17) is 5.73 Å². The van der Waals surface area contributed by atoms with Gasteiger partial charge in [0.05, 0.1) is 6.10 Å². The standard InChI is InChI=1S/C10H15NO.ClH/c1-2-9(11)10(12)8-6-4-3-5-7-8;/h3-7,9-10,12H,2,11H2,1H3;1H/t9-,10+;/m0./s1. The predicted octanol–water partition coefficient (Wildman–Crippen LogP) is 1.88. The minimum Gasteiger partial charge on any atom is -0.387 e. The van der Waals surface area contributed by atoms with E-state index in [1.807, 2.05) is 37.3 Å². The summed E-state index contributed by atoms with van der Waals surface area (Å²) in [5, 5.41) is 9.66. The lowest BCUT2D eigenvalue weighted by Gasteiger charge is -2.16. The first kappa shape index (κ1) is 12.4. The zero-order valence-electron chi connectivity index (χ0n) is 7.68. The second-order valence-electron chi connectivity index (χ2n) is 2.93. The van der Waals surface area contributed by atoms with Crippen molar-refractivity contribution in [1.82, 2.24) is 0 Å². The molecule has 0 heterocycles. The first-order valence-corrected chi connectivity index (χ1v) is 4.24. The summed E-state index contributed by atoms with van der Waals surface area (Å²) in [6.45, 7) is 1.97. The van der Waals surface area contributed by atoms with Crippen molar-refractivity contribution in [1.29, 1.82) is 0 Å². The van der Waals surface area contributed by atoms with Crippen molar-refractivity contribution in [3.05, 3.63) is 35.9 Å². The maximum Gasteiger partial charge on any atom is 0.0940 e. The minimum atomic E-state index is -0.531. The van der Waals surface area contributed by atoms with Gasteiger partial charge >= 0.3 is 0 Å². The zero-order chi connectivity index (χ0) is 8.97. The number of benzene rings is 1. The van der Waals surface area contributed by atoms with Crippen LogP contribution in [0.5, 0.6) is 0 Å². The number of hydrogen-bond acceptors (Lipinski definition) is 2. The van der Waals surface area contributed by atoms with E-state index in [-0.39, 0.29) is 18.4 Å². The van der Waals surface area contributed by atoms with Gasteiger partial charge in [0.25, 0.3) is 0 Å². The van der Waals surface area contributed by atoms with Crippen molar-refractivity contribution in [3.8, 4) is 0 Å². The van der Waals surface area contributed by atoms with Gasteiger partial charge in [-0.2, -0.15) is 0 Å². The van der Waals surface area contributed by atoms with Crippen LogP contribution in [0.15, 0.2) is 30.3 Å². The van der Waals surface area contributed by atoms with E-state index in [2.05, 4.69) is 0 Å². The zero-order valence-corrected chi connectivity index (χ0v) is 8.50. The second-order valence-corrected chi connectivity index (χ2v) is 2.93. The van der Waals surface area contributed by atoms with Crippen LogP contribution in [-0.4, -0.2) is 11.1 Å². The van der Waals surface area contributed by atoms with Gasteiger partial charge in [0.15, 0.2) is 0 Å². The number of hydrogen-bond donors (Lipinski definition) is 2. The molecule has 0 fully saturated rings. The fourth-order valence-electron chi connectivity index (χ4n) is 1.12. The Morgan fingerprint density at radius 3 is 2.31 bits per heavy atom. The Morgan fingerprint density at radius 1 is 1.31 bits per heavy atom. The summed E-state index contributed by atoms with van der Waals surface area (Å²) in [7, 11) is 0. The highest BCUT2D eigenvalue weighted by Gasteiger charge is 2.13. The highest BCUT2D eigenvalue weighted by molar-refractivity contribution is 5.85. The van der Waals surface area contributed by atoms with Crippen LogP contribution in [0.4, 0.5) is 0 Å². The lowest BCUT2D eigenvalue weighted by molar-refractivity contribution is 0.144. The molecule has 3 heteroatoms. The van der Waals surface area contributed by atoms with Gasteiger partial charge in [-0.3, -0.25) is 0 Å². The average Bonchev–Trinajstić information content (AvgIpc) is 2.17. The number of nitrogens with two attached hydrogens (primary N) is 1. The smallest absolute Gasteiger partial charge is 0.0940 e. The largest absolute Gasteiger partial charge is 0.387 e. The fraction of sp³-hybridized carbons (Fsp3) is 0.400. The van der Waals surface area contributed by atoms with E-state index >= 15 is 0 Å². The molecule has 1 aromatic rings. The maximum absolute atomic E-state index is 9.66. The Balaban J connectivity index is 0.00000144. The van der Waals surface area contributed by atoms with E-state index < -0.39 is 6.10 Å². The van der Waals surface area contributed by atoms with Gasteiger partial charge in [-0.05, 0) is 12.0 Å². The predicted molar refractivity (Wildman–Crippen MR) is 56.9 cm³/mol. The topological polar surface area (TPSA) is 46.2 Å². The highest BCUT2D eigenvalue weighted by Crippen LogP contribution is 2.16. The summed E-state index contributed by atoms with van der Waals surface area (Å²) in [5.41, 5.74) is 6.59. The molecule has 0 bridgehead atoms. The van der Waals surface area contributed by atoms with Crippen LogP contribution < -0.4 is 5.73 Å². The quantitative estimate of drug-likeness (QED) is 0.785. The number of aliphatic hydroxyl groups is 1. The number of aliphatic hydroxyl groups excluding tert-OH is 1. The normalized spacial score (nSPS) is 14.4. The van der Waals surface area contributed by atoms with Crippen LogP contribution in [0.1, 0.15) is 25.0 Å². The molecule has 3 N–H and O–H groups in total. The molecule has 0 amide bonds. The molecule has 0 aliphatic rings. The summed E-state index contributed by atoms with van der Waals surface area (Å²) in [4.78, 5) is 0. The van der Waals surface area contributed by atoms with Crippen LogP contribution in [-0.2, 0) is 0 Å².